The summed E-state index contributed by atoms with van der Waals surface area (Å²) in [5.41, 5.74) is 7.52. The quantitative estimate of drug-likeness (QED) is 0.272. The molecule has 0 spiro atoms. The summed E-state index contributed by atoms with van der Waals surface area (Å²) in [5, 5.41) is 4.92. The van der Waals surface area contributed by atoms with Gasteiger partial charge in [-0.3, -0.25) is 4.72 Å². The molecule has 0 unspecified atom stereocenters. The van der Waals surface area contributed by atoms with Crippen molar-refractivity contribution in [2.45, 2.75) is 4.90 Å². The molecular formula is C15H15FN6O2S3. The van der Waals surface area contributed by atoms with Gasteiger partial charge in [-0.2, -0.15) is 4.39 Å². The number of nitrogens with zero attached hydrogens (tertiary/aromatic N) is 3. The van der Waals surface area contributed by atoms with Crippen LogP contribution in [0, 0.1) is 5.95 Å². The van der Waals surface area contributed by atoms with Crippen LogP contribution in [0.1, 0.15) is 0 Å². The van der Waals surface area contributed by atoms with E-state index >= 15 is 0 Å². The molecule has 8 nitrogen and oxygen atoms in total. The summed E-state index contributed by atoms with van der Waals surface area (Å²) in [4.78, 5) is 7.49. The molecule has 3 rings (SSSR count). The van der Waals surface area contributed by atoms with Crippen molar-refractivity contribution in [3.05, 3.63) is 48.0 Å². The monoisotopic (exact) mass is 426 g/mol. The van der Waals surface area contributed by atoms with Gasteiger partial charge in [0.15, 0.2) is 5.13 Å². The molecule has 3 aromatic rings. The second-order valence-corrected chi connectivity index (χ2v) is 8.54. The lowest BCUT2D eigenvalue weighted by molar-refractivity contribution is 0.584. The second kappa shape index (κ2) is 7.58. The minimum atomic E-state index is -3.81. The van der Waals surface area contributed by atoms with Gasteiger partial charge >= 0.3 is 0 Å². The Hall–Kier alpha value is -2.57. The standard InChI is InChI=1S/C15H15FN6O2S3/c1-22(25)13-7-14(16)19-8-12(13)20-11-3-2-9(6-10(11)17)27(23,24)21-15-18-4-5-26-15/h2-8,20,25H,17H2,1H3,(H,18,21). The summed E-state index contributed by atoms with van der Waals surface area (Å²) in [6.07, 6.45) is 2.79. The van der Waals surface area contributed by atoms with Crippen molar-refractivity contribution < 1.29 is 12.8 Å². The van der Waals surface area contributed by atoms with Crippen LogP contribution in [0.15, 0.2) is 46.9 Å². The number of aromatic nitrogens is 2. The molecular weight excluding hydrogens is 411 g/mol. The van der Waals surface area contributed by atoms with Gasteiger partial charge in [0, 0.05) is 24.7 Å². The summed E-state index contributed by atoms with van der Waals surface area (Å²) in [7, 11) is -2.18. The molecule has 27 heavy (non-hydrogen) atoms. The van der Waals surface area contributed by atoms with Crippen LogP contribution >= 0.6 is 24.2 Å². The zero-order valence-corrected chi connectivity index (χ0v) is 16.4. The van der Waals surface area contributed by atoms with Gasteiger partial charge in [-0.1, -0.05) is 12.8 Å². The maximum Gasteiger partial charge on any atom is 0.263 e. The van der Waals surface area contributed by atoms with Gasteiger partial charge in [0.05, 0.1) is 33.8 Å². The van der Waals surface area contributed by atoms with Gasteiger partial charge < -0.3 is 15.4 Å². The fraction of sp³-hybridized carbons (Fsp3) is 0.0667. The van der Waals surface area contributed by atoms with Crippen LogP contribution in [-0.2, 0) is 10.0 Å². The molecule has 0 radical (unpaired) electrons. The van der Waals surface area contributed by atoms with E-state index in [0.29, 0.717) is 17.1 Å². The number of thiol groups is 1. The maximum atomic E-state index is 13.4. The fourth-order valence-electron chi connectivity index (χ4n) is 2.20. The first-order valence-electron chi connectivity index (χ1n) is 7.43. The van der Waals surface area contributed by atoms with Gasteiger partial charge in [0.25, 0.3) is 10.0 Å². The second-order valence-electron chi connectivity index (χ2n) is 5.36. The van der Waals surface area contributed by atoms with E-state index < -0.39 is 16.0 Å². The van der Waals surface area contributed by atoms with Crippen molar-refractivity contribution in [1.82, 2.24) is 9.97 Å². The van der Waals surface area contributed by atoms with E-state index in [1.807, 2.05) is 0 Å². The van der Waals surface area contributed by atoms with E-state index in [1.165, 1.54) is 41.0 Å². The Morgan fingerprint density at radius 3 is 2.67 bits per heavy atom. The van der Waals surface area contributed by atoms with Crippen molar-refractivity contribution in [3.63, 3.8) is 0 Å². The molecule has 0 aliphatic heterocycles. The Balaban J connectivity index is 1.88. The average Bonchev–Trinajstić information content (AvgIpc) is 3.10. The molecule has 12 heteroatoms. The molecule has 0 saturated carbocycles. The largest absolute Gasteiger partial charge is 0.397 e. The topological polar surface area (TPSA) is 113 Å². The molecule has 0 aliphatic carbocycles. The molecule has 0 atom stereocenters. The smallest absolute Gasteiger partial charge is 0.263 e. The first-order chi connectivity index (χ1) is 12.8. The summed E-state index contributed by atoms with van der Waals surface area (Å²) in [6, 6.07) is 5.44. The first-order valence-corrected chi connectivity index (χ1v) is 10.2. The van der Waals surface area contributed by atoms with Gasteiger partial charge in [-0.15, -0.1) is 11.3 Å². The van der Waals surface area contributed by atoms with Gasteiger partial charge in [-0.05, 0) is 18.2 Å². The van der Waals surface area contributed by atoms with Gasteiger partial charge in [0.1, 0.15) is 0 Å². The van der Waals surface area contributed by atoms with E-state index in [2.05, 4.69) is 32.8 Å². The summed E-state index contributed by atoms with van der Waals surface area (Å²) in [6.45, 7) is 0. The normalized spacial score (nSPS) is 11.2. The minimum Gasteiger partial charge on any atom is -0.397 e. The Bertz CT molecular complexity index is 1060. The highest BCUT2D eigenvalue weighted by molar-refractivity contribution is 7.93. The number of pyridine rings is 1. The predicted octanol–water partition coefficient (Wildman–Crippen LogP) is 3.08. The van der Waals surface area contributed by atoms with Gasteiger partial charge in [0.2, 0.25) is 5.95 Å². The molecule has 1 aromatic carbocycles. The van der Waals surface area contributed by atoms with Crippen molar-refractivity contribution in [3.8, 4) is 0 Å². The summed E-state index contributed by atoms with van der Waals surface area (Å²) >= 11 is 5.33. The molecule has 2 heterocycles. The number of hydrogen-bond donors (Lipinski definition) is 4. The first kappa shape index (κ1) is 19.2. The summed E-state index contributed by atoms with van der Waals surface area (Å²) < 4.78 is 42.0. The zero-order valence-electron chi connectivity index (χ0n) is 13.9. The third-order valence-electron chi connectivity index (χ3n) is 3.45. The number of halogens is 1. The number of rotatable bonds is 6. The minimum absolute atomic E-state index is 0.00971. The number of benzene rings is 1. The lowest BCUT2D eigenvalue weighted by atomic mass is 10.2. The van der Waals surface area contributed by atoms with Crippen molar-refractivity contribution in [1.29, 1.82) is 0 Å². The lowest BCUT2D eigenvalue weighted by Gasteiger charge is -2.18. The molecule has 0 bridgehead atoms. The SMILES string of the molecule is CN(S)c1cc(F)ncc1Nc1ccc(S(=O)(=O)Nc2nccs2)cc1N. The average molecular weight is 427 g/mol. The Kier molecular flexibility index (Phi) is 5.39. The number of anilines is 5. The number of sulfonamides is 1. The number of thiazole rings is 1. The van der Waals surface area contributed by atoms with Crippen molar-refractivity contribution in [2.75, 3.05) is 27.1 Å². The third-order valence-corrected chi connectivity index (χ3v) is 5.82. The van der Waals surface area contributed by atoms with Crippen LogP contribution in [0.2, 0.25) is 0 Å². The number of nitrogen functional groups attached to an aromatic ring is 1. The molecule has 4 N–H and O–H groups in total. The molecule has 142 valence electrons. The highest BCUT2D eigenvalue weighted by Crippen LogP contribution is 2.32. The lowest BCUT2D eigenvalue weighted by Crippen LogP contribution is -2.13. The summed E-state index contributed by atoms with van der Waals surface area (Å²) in [5.74, 6) is -0.654. The van der Waals surface area contributed by atoms with E-state index in [1.54, 1.807) is 12.4 Å². The number of nitrogens with one attached hydrogen (secondary N) is 2. The number of hydrogen-bond acceptors (Lipinski definition) is 9. The highest BCUT2D eigenvalue weighted by Gasteiger charge is 2.17. The fourth-order valence-corrected chi connectivity index (χ4v) is 4.19. The molecule has 2 aromatic heterocycles. The van der Waals surface area contributed by atoms with E-state index in [0.717, 1.165) is 11.3 Å². The van der Waals surface area contributed by atoms with Crippen LogP contribution in [-0.4, -0.2) is 25.4 Å². The predicted molar refractivity (Wildman–Crippen MR) is 109 cm³/mol. The van der Waals surface area contributed by atoms with Crippen molar-refractivity contribution >= 4 is 62.1 Å². The molecule has 0 saturated heterocycles. The molecule has 0 aliphatic rings. The van der Waals surface area contributed by atoms with E-state index in [-0.39, 0.29) is 15.7 Å². The maximum absolute atomic E-state index is 13.4. The zero-order chi connectivity index (χ0) is 19.6. The van der Waals surface area contributed by atoms with Crippen LogP contribution in [0.5, 0.6) is 0 Å². The molecule has 0 amide bonds. The van der Waals surface area contributed by atoms with Crippen molar-refractivity contribution in [2.24, 2.45) is 0 Å². The molecule has 0 fully saturated rings. The van der Waals surface area contributed by atoms with E-state index in [4.69, 9.17) is 5.73 Å². The highest BCUT2D eigenvalue weighted by atomic mass is 32.2. The number of nitrogens with two attached hydrogens (primary N) is 1. The van der Waals surface area contributed by atoms with Crippen LogP contribution in [0.3, 0.4) is 0 Å². The Morgan fingerprint density at radius 1 is 1.26 bits per heavy atom. The third kappa shape index (κ3) is 4.40. The Morgan fingerprint density at radius 2 is 2.04 bits per heavy atom. The van der Waals surface area contributed by atoms with E-state index in [9.17, 15) is 12.8 Å². The van der Waals surface area contributed by atoms with Crippen LogP contribution < -0.4 is 20.1 Å². The van der Waals surface area contributed by atoms with Crippen LogP contribution in [0.4, 0.5) is 32.3 Å². The van der Waals surface area contributed by atoms with Crippen LogP contribution in [0.25, 0.3) is 0 Å². The van der Waals surface area contributed by atoms with Gasteiger partial charge in [-0.25, -0.2) is 18.4 Å². The Labute approximate surface area is 164 Å².